The lowest BCUT2D eigenvalue weighted by Crippen LogP contribution is -2.48. The second kappa shape index (κ2) is 7.86. The van der Waals surface area contributed by atoms with Crippen molar-refractivity contribution >= 4 is 33.2 Å². The van der Waals surface area contributed by atoms with Crippen molar-refractivity contribution in [2.24, 2.45) is 0 Å². The zero-order valence-electron chi connectivity index (χ0n) is 14.8. The number of hydrogen-bond acceptors (Lipinski definition) is 4. The fraction of sp³-hybridized carbons (Fsp3) is 0.471. The molecule has 9 heteroatoms. The summed E-state index contributed by atoms with van der Waals surface area (Å²) in [7, 11) is -3.65. The van der Waals surface area contributed by atoms with Crippen molar-refractivity contribution in [1.29, 1.82) is 0 Å². The normalized spacial score (nSPS) is 16.9. The Morgan fingerprint density at radius 1 is 1.15 bits per heavy atom. The van der Waals surface area contributed by atoms with Crippen LogP contribution >= 0.6 is 23.2 Å². The van der Waals surface area contributed by atoms with Crippen molar-refractivity contribution in [1.82, 2.24) is 19.0 Å². The van der Waals surface area contributed by atoms with Gasteiger partial charge in [-0.1, -0.05) is 23.2 Å². The summed E-state index contributed by atoms with van der Waals surface area (Å²) in [6.07, 6.45) is 1.90. The molecule has 3 rings (SSSR count). The minimum atomic E-state index is -3.65. The standard InChI is InChI=1S/C17H22Cl2N4O2S/c1-3-23-13(2)14(11-20-23)12-21-6-8-22(9-7-21)26(24,25)17-10-15(18)4-5-16(17)19/h4-5,10-11H,3,6-9,12H2,1-2H3. The summed E-state index contributed by atoms with van der Waals surface area (Å²) in [5.74, 6) is 0. The first-order chi connectivity index (χ1) is 12.3. The fourth-order valence-corrected chi connectivity index (χ4v) is 5.30. The highest BCUT2D eigenvalue weighted by Crippen LogP contribution is 2.28. The van der Waals surface area contributed by atoms with Gasteiger partial charge in [-0.3, -0.25) is 9.58 Å². The molecule has 1 aliphatic heterocycles. The molecular weight excluding hydrogens is 395 g/mol. The van der Waals surface area contributed by atoms with Gasteiger partial charge in [0.05, 0.1) is 11.2 Å². The zero-order chi connectivity index (χ0) is 18.9. The van der Waals surface area contributed by atoms with Gasteiger partial charge in [0.15, 0.2) is 0 Å². The van der Waals surface area contributed by atoms with Crippen LogP contribution in [-0.2, 0) is 23.1 Å². The number of benzene rings is 1. The van der Waals surface area contributed by atoms with E-state index in [1.165, 1.54) is 22.0 Å². The largest absolute Gasteiger partial charge is 0.296 e. The van der Waals surface area contributed by atoms with E-state index >= 15 is 0 Å². The lowest BCUT2D eigenvalue weighted by Gasteiger charge is -2.34. The third-order valence-electron chi connectivity index (χ3n) is 4.74. The molecule has 0 bridgehead atoms. The minimum absolute atomic E-state index is 0.0696. The molecule has 2 heterocycles. The van der Waals surface area contributed by atoms with Crippen LogP contribution in [0.2, 0.25) is 10.0 Å². The van der Waals surface area contributed by atoms with Gasteiger partial charge < -0.3 is 0 Å². The van der Waals surface area contributed by atoms with Crippen molar-refractivity contribution < 1.29 is 8.42 Å². The van der Waals surface area contributed by atoms with Crippen LogP contribution in [0.4, 0.5) is 0 Å². The molecule has 1 saturated heterocycles. The van der Waals surface area contributed by atoms with E-state index in [1.807, 2.05) is 10.9 Å². The Kier molecular flexibility index (Phi) is 5.94. The lowest BCUT2D eigenvalue weighted by molar-refractivity contribution is 0.181. The van der Waals surface area contributed by atoms with Crippen molar-refractivity contribution in [3.05, 3.63) is 45.7 Å². The van der Waals surface area contributed by atoms with Gasteiger partial charge in [0, 0.05) is 55.5 Å². The van der Waals surface area contributed by atoms with Crippen LogP contribution in [-0.4, -0.2) is 53.6 Å². The number of aromatic nitrogens is 2. The molecule has 0 radical (unpaired) electrons. The molecule has 1 aromatic heterocycles. The van der Waals surface area contributed by atoms with Gasteiger partial charge >= 0.3 is 0 Å². The Morgan fingerprint density at radius 3 is 2.46 bits per heavy atom. The van der Waals surface area contributed by atoms with Crippen LogP contribution in [0.15, 0.2) is 29.3 Å². The van der Waals surface area contributed by atoms with Crippen LogP contribution in [0, 0.1) is 6.92 Å². The molecule has 142 valence electrons. The summed E-state index contributed by atoms with van der Waals surface area (Å²) in [5, 5.41) is 4.92. The summed E-state index contributed by atoms with van der Waals surface area (Å²) in [6.45, 7) is 7.92. The average molecular weight is 417 g/mol. The van der Waals surface area contributed by atoms with Crippen molar-refractivity contribution in [2.75, 3.05) is 26.2 Å². The number of aryl methyl sites for hydroxylation is 1. The lowest BCUT2D eigenvalue weighted by atomic mass is 10.2. The van der Waals surface area contributed by atoms with Gasteiger partial charge in [-0.25, -0.2) is 8.42 Å². The Balaban J connectivity index is 1.68. The third kappa shape index (κ3) is 3.92. The maximum atomic E-state index is 12.9. The smallest absolute Gasteiger partial charge is 0.244 e. The zero-order valence-corrected chi connectivity index (χ0v) is 17.1. The molecule has 26 heavy (non-hydrogen) atoms. The van der Waals surface area contributed by atoms with Gasteiger partial charge in [0.2, 0.25) is 10.0 Å². The second-order valence-electron chi connectivity index (χ2n) is 6.33. The fourth-order valence-electron chi connectivity index (χ4n) is 3.14. The van der Waals surface area contributed by atoms with Gasteiger partial charge in [0.25, 0.3) is 0 Å². The molecule has 6 nitrogen and oxygen atoms in total. The quantitative estimate of drug-likeness (QED) is 0.751. The monoisotopic (exact) mass is 416 g/mol. The van der Waals surface area contributed by atoms with Crippen LogP contribution in [0.1, 0.15) is 18.2 Å². The molecule has 0 spiro atoms. The van der Waals surface area contributed by atoms with Crippen molar-refractivity contribution in [3.8, 4) is 0 Å². The summed E-state index contributed by atoms with van der Waals surface area (Å²) >= 11 is 12.0. The van der Waals surface area contributed by atoms with E-state index < -0.39 is 10.0 Å². The maximum absolute atomic E-state index is 12.9. The Bertz CT molecular complexity index is 890. The summed E-state index contributed by atoms with van der Waals surface area (Å²) in [4.78, 5) is 2.32. The van der Waals surface area contributed by atoms with Crippen molar-refractivity contribution in [2.45, 2.75) is 31.8 Å². The molecule has 0 N–H and O–H groups in total. The summed E-state index contributed by atoms with van der Waals surface area (Å²) in [6, 6.07) is 4.51. The summed E-state index contributed by atoms with van der Waals surface area (Å²) in [5.41, 5.74) is 2.34. The molecule has 1 aliphatic rings. The Morgan fingerprint density at radius 2 is 1.85 bits per heavy atom. The highest BCUT2D eigenvalue weighted by atomic mass is 35.5. The van der Waals surface area contributed by atoms with E-state index in [9.17, 15) is 8.42 Å². The average Bonchev–Trinajstić information content (AvgIpc) is 2.97. The van der Waals surface area contributed by atoms with Crippen LogP contribution in [0.3, 0.4) is 0 Å². The number of rotatable bonds is 5. The minimum Gasteiger partial charge on any atom is -0.296 e. The first kappa shape index (κ1) is 19.6. The molecule has 0 atom stereocenters. The molecule has 1 aromatic carbocycles. The first-order valence-electron chi connectivity index (χ1n) is 8.51. The molecule has 0 saturated carbocycles. The van der Waals surface area contributed by atoms with Gasteiger partial charge in [-0.15, -0.1) is 0 Å². The second-order valence-corrected chi connectivity index (χ2v) is 9.08. The molecule has 0 aliphatic carbocycles. The predicted molar refractivity (Wildman–Crippen MR) is 103 cm³/mol. The topological polar surface area (TPSA) is 58.4 Å². The van der Waals surface area contributed by atoms with Crippen LogP contribution in [0.5, 0.6) is 0 Å². The highest BCUT2D eigenvalue weighted by Gasteiger charge is 2.30. The van der Waals surface area contributed by atoms with Crippen LogP contribution < -0.4 is 0 Å². The van der Waals surface area contributed by atoms with E-state index in [4.69, 9.17) is 23.2 Å². The first-order valence-corrected chi connectivity index (χ1v) is 10.7. The van der Waals surface area contributed by atoms with E-state index in [0.717, 1.165) is 18.8 Å². The Hall–Kier alpha value is -1.12. The predicted octanol–water partition coefficient (Wildman–Crippen LogP) is 3.02. The van der Waals surface area contributed by atoms with E-state index in [2.05, 4.69) is 23.8 Å². The molecule has 2 aromatic rings. The number of sulfonamides is 1. The SMILES string of the molecule is CCn1ncc(CN2CCN(S(=O)(=O)c3cc(Cl)ccc3Cl)CC2)c1C. The third-order valence-corrected chi connectivity index (χ3v) is 7.36. The van der Waals surface area contributed by atoms with Crippen molar-refractivity contribution in [3.63, 3.8) is 0 Å². The van der Waals surface area contributed by atoms with Crippen LogP contribution in [0.25, 0.3) is 0 Å². The highest BCUT2D eigenvalue weighted by molar-refractivity contribution is 7.89. The van der Waals surface area contributed by atoms with Gasteiger partial charge in [-0.2, -0.15) is 9.40 Å². The van der Waals surface area contributed by atoms with Gasteiger partial charge in [0.1, 0.15) is 4.90 Å². The number of halogens is 2. The number of nitrogens with zero attached hydrogens (tertiary/aromatic N) is 4. The molecular formula is C17H22Cl2N4O2S. The maximum Gasteiger partial charge on any atom is 0.244 e. The van der Waals surface area contributed by atoms with E-state index in [0.29, 0.717) is 31.2 Å². The summed E-state index contributed by atoms with van der Waals surface area (Å²) < 4.78 is 29.2. The van der Waals surface area contributed by atoms with E-state index in [-0.39, 0.29) is 9.92 Å². The molecule has 0 amide bonds. The molecule has 1 fully saturated rings. The number of piperazine rings is 1. The van der Waals surface area contributed by atoms with Gasteiger partial charge in [-0.05, 0) is 32.0 Å². The Labute approximate surface area is 164 Å². The molecule has 0 unspecified atom stereocenters. The van der Waals surface area contributed by atoms with E-state index in [1.54, 1.807) is 6.07 Å². The number of hydrogen-bond donors (Lipinski definition) is 0.